The normalized spacial score (nSPS) is 10.3. The van der Waals surface area contributed by atoms with E-state index in [2.05, 4.69) is 5.32 Å². The van der Waals surface area contributed by atoms with Crippen LogP contribution >= 0.6 is 0 Å². The first-order valence-corrected chi connectivity index (χ1v) is 5.06. The SMILES string of the molecule is O=C(O)c1coc(CNc2cc(F)ccc2F)c1. The lowest BCUT2D eigenvalue weighted by atomic mass is 10.2. The van der Waals surface area contributed by atoms with E-state index in [-0.39, 0.29) is 17.8 Å². The molecule has 0 bridgehead atoms. The summed E-state index contributed by atoms with van der Waals surface area (Å²) in [6.07, 6.45) is 1.08. The summed E-state index contributed by atoms with van der Waals surface area (Å²) in [5, 5.41) is 11.3. The molecule has 0 saturated carbocycles. The first kappa shape index (κ1) is 12.1. The molecule has 94 valence electrons. The Morgan fingerprint density at radius 2 is 2.11 bits per heavy atom. The Labute approximate surface area is 101 Å². The zero-order valence-corrected chi connectivity index (χ0v) is 9.11. The molecule has 0 aliphatic rings. The van der Waals surface area contributed by atoms with E-state index in [0.29, 0.717) is 5.76 Å². The van der Waals surface area contributed by atoms with Crippen molar-refractivity contribution in [2.45, 2.75) is 6.54 Å². The highest BCUT2D eigenvalue weighted by molar-refractivity contribution is 5.87. The van der Waals surface area contributed by atoms with E-state index in [4.69, 9.17) is 9.52 Å². The van der Waals surface area contributed by atoms with Crippen LogP contribution < -0.4 is 5.32 Å². The Morgan fingerprint density at radius 1 is 1.33 bits per heavy atom. The lowest BCUT2D eigenvalue weighted by molar-refractivity contribution is 0.0696. The topological polar surface area (TPSA) is 62.5 Å². The number of carboxylic acids is 1. The van der Waals surface area contributed by atoms with Crippen LogP contribution in [-0.4, -0.2) is 11.1 Å². The minimum Gasteiger partial charge on any atom is -0.478 e. The molecule has 2 rings (SSSR count). The Hall–Kier alpha value is -2.37. The molecular weight excluding hydrogens is 244 g/mol. The van der Waals surface area contributed by atoms with E-state index in [0.717, 1.165) is 24.5 Å². The van der Waals surface area contributed by atoms with E-state index in [1.54, 1.807) is 0 Å². The van der Waals surface area contributed by atoms with Gasteiger partial charge < -0.3 is 14.8 Å². The zero-order chi connectivity index (χ0) is 13.1. The maximum absolute atomic E-state index is 13.3. The van der Waals surface area contributed by atoms with Crippen molar-refractivity contribution < 1.29 is 23.1 Å². The summed E-state index contributed by atoms with van der Waals surface area (Å²) in [5.41, 5.74) is -0.00482. The standard InChI is InChI=1S/C12H9F2NO3/c13-8-1-2-10(14)11(4-8)15-5-9-3-7(6-18-9)12(16)17/h1-4,6,15H,5H2,(H,16,17). The first-order valence-electron chi connectivity index (χ1n) is 5.06. The molecule has 0 unspecified atom stereocenters. The van der Waals surface area contributed by atoms with Crippen molar-refractivity contribution in [3.05, 3.63) is 53.5 Å². The van der Waals surface area contributed by atoms with Crippen LogP contribution in [0.2, 0.25) is 0 Å². The molecule has 0 radical (unpaired) electrons. The van der Waals surface area contributed by atoms with Gasteiger partial charge in [-0.1, -0.05) is 0 Å². The third kappa shape index (κ3) is 2.65. The highest BCUT2D eigenvalue weighted by Gasteiger charge is 2.09. The number of aromatic carboxylic acids is 1. The Kier molecular flexibility index (Phi) is 3.27. The molecule has 1 aromatic heterocycles. The van der Waals surface area contributed by atoms with Crippen molar-refractivity contribution >= 4 is 11.7 Å². The molecule has 0 saturated heterocycles. The summed E-state index contributed by atoms with van der Waals surface area (Å²) in [7, 11) is 0. The van der Waals surface area contributed by atoms with Crippen LogP contribution in [-0.2, 0) is 6.54 Å². The van der Waals surface area contributed by atoms with Gasteiger partial charge in [0.15, 0.2) is 0 Å². The average molecular weight is 253 g/mol. The van der Waals surface area contributed by atoms with Gasteiger partial charge in [0.25, 0.3) is 0 Å². The summed E-state index contributed by atoms with van der Waals surface area (Å²) in [5.74, 6) is -1.95. The lowest BCUT2D eigenvalue weighted by Crippen LogP contribution is -2.01. The molecule has 0 amide bonds. The second kappa shape index (κ2) is 4.87. The molecule has 0 aliphatic heterocycles. The van der Waals surface area contributed by atoms with Gasteiger partial charge in [-0.05, 0) is 24.3 Å². The zero-order valence-electron chi connectivity index (χ0n) is 9.11. The fourth-order valence-electron chi connectivity index (χ4n) is 1.40. The highest BCUT2D eigenvalue weighted by atomic mass is 19.1. The average Bonchev–Trinajstić information content (AvgIpc) is 2.79. The van der Waals surface area contributed by atoms with Crippen LogP contribution in [0.25, 0.3) is 0 Å². The van der Waals surface area contributed by atoms with Gasteiger partial charge in [-0.3, -0.25) is 0 Å². The number of hydrogen-bond acceptors (Lipinski definition) is 3. The van der Waals surface area contributed by atoms with E-state index >= 15 is 0 Å². The monoisotopic (exact) mass is 253 g/mol. The van der Waals surface area contributed by atoms with Crippen LogP contribution in [0.1, 0.15) is 16.1 Å². The molecule has 1 aromatic carbocycles. The van der Waals surface area contributed by atoms with Crippen LogP contribution in [0.3, 0.4) is 0 Å². The number of furan rings is 1. The minimum atomic E-state index is -1.11. The number of carbonyl (C=O) groups is 1. The smallest absolute Gasteiger partial charge is 0.338 e. The van der Waals surface area contributed by atoms with Gasteiger partial charge in [-0.25, -0.2) is 13.6 Å². The number of halogens is 2. The van der Waals surface area contributed by atoms with Crippen molar-refractivity contribution in [3.8, 4) is 0 Å². The molecule has 6 heteroatoms. The quantitative estimate of drug-likeness (QED) is 0.879. The maximum Gasteiger partial charge on any atom is 0.338 e. The summed E-state index contributed by atoms with van der Waals surface area (Å²) in [6.45, 7) is 0.0631. The Morgan fingerprint density at radius 3 is 2.78 bits per heavy atom. The fourth-order valence-corrected chi connectivity index (χ4v) is 1.40. The number of rotatable bonds is 4. The van der Waals surface area contributed by atoms with Gasteiger partial charge in [0.1, 0.15) is 23.7 Å². The molecule has 0 fully saturated rings. The third-order valence-corrected chi connectivity index (χ3v) is 2.28. The van der Waals surface area contributed by atoms with E-state index in [1.807, 2.05) is 0 Å². The summed E-state index contributed by atoms with van der Waals surface area (Å²) >= 11 is 0. The van der Waals surface area contributed by atoms with Crippen molar-refractivity contribution in [2.24, 2.45) is 0 Å². The molecule has 0 atom stereocenters. The predicted octanol–water partition coefficient (Wildman–Crippen LogP) is 2.87. The number of benzene rings is 1. The van der Waals surface area contributed by atoms with E-state index < -0.39 is 17.6 Å². The third-order valence-electron chi connectivity index (χ3n) is 2.28. The first-order chi connectivity index (χ1) is 8.56. The molecule has 0 aliphatic carbocycles. The van der Waals surface area contributed by atoms with Crippen LogP contribution in [0, 0.1) is 11.6 Å². The van der Waals surface area contributed by atoms with Gasteiger partial charge >= 0.3 is 5.97 Å². The van der Waals surface area contributed by atoms with Gasteiger partial charge in [0.2, 0.25) is 0 Å². The Bertz CT molecular complexity index is 580. The Balaban J connectivity index is 2.06. The van der Waals surface area contributed by atoms with E-state index in [9.17, 15) is 13.6 Å². The minimum absolute atomic E-state index is 0.00603. The van der Waals surface area contributed by atoms with E-state index in [1.165, 1.54) is 6.07 Å². The summed E-state index contributed by atoms with van der Waals surface area (Å²) < 4.78 is 31.1. The van der Waals surface area contributed by atoms with Crippen molar-refractivity contribution in [2.75, 3.05) is 5.32 Å². The molecule has 18 heavy (non-hydrogen) atoms. The van der Waals surface area contributed by atoms with Gasteiger partial charge in [0.05, 0.1) is 17.8 Å². The highest BCUT2D eigenvalue weighted by Crippen LogP contribution is 2.17. The second-order valence-corrected chi connectivity index (χ2v) is 3.58. The number of nitrogens with one attached hydrogen (secondary N) is 1. The van der Waals surface area contributed by atoms with Crippen LogP contribution in [0.5, 0.6) is 0 Å². The summed E-state index contributed by atoms with van der Waals surface area (Å²) in [4.78, 5) is 10.6. The molecular formula is C12H9F2NO3. The van der Waals surface area contributed by atoms with Crippen molar-refractivity contribution in [1.29, 1.82) is 0 Å². The number of carboxylic acid groups (broad SMARTS) is 1. The van der Waals surface area contributed by atoms with Crippen molar-refractivity contribution in [1.82, 2.24) is 0 Å². The lowest BCUT2D eigenvalue weighted by Gasteiger charge is -2.05. The number of hydrogen-bond donors (Lipinski definition) is 2. The fraction of sp³-hybridized carbons (Fsp3) is 0.0833. The van der Waals surface area contributed by atoms with Gasteiger partial charge in [0, 0.05) is 0 Å². The van der Waals surface area contributed by atoms with Gasteiger partial charge in [-0.15, -0.1) is 0 Å². The maximum atomic E-state index is 13.3. The second-order valence-electron chi connectivity index (χ2n) is 3.58. The largest absolute Gasteiger partial charge is 0.478 e. The molecule has 2 N–H and O–H groups in total. The van der Waals surface area contributed by atoms with Crippen LogP contribution in [0.15, 0.2) is 34.9 Å². The number of anilines is 1. The summed E-state index contributed by atoms with van der Waals surface area (Å²) in [6, 6.07) is 4.33. The molecule has 0 spiro atoms. The molecule has 4 nitrogen and oxygen atoms in total. The van der Waals surface area contributed by atoms with Crippen LogP contribution in [0.4, 0.5) is 14.5 Å². The molecule has 1 heterocycles. The van der Waals surface area contributed by atoms with Crippen molar-refractivity contribution in [3.63, 3.8) is 0 Å². The molecule has 2 aromatic rings. The predicted molar refractivity (Wildman–Crippen MR) is 59.4 cm³/mol. The van der Waals surface area contributed by atoms with Gasteiger partial charge in [-0.2, -0.15) is 0 Å².